The Labute approximate surface area is 106 Å². The van der Waals surface area contributed by atoms with E-state index < -0.39 is 0 Å². The molecule has 0 atom stereocenters. The first-order valence-electron chi connectivity index (χ1n) is 4.06. The van der Waals surface area contributed by atoms with Gasteiger partial charge in [0, 0.05) is 3.57 Å². The van der Waals surface area contributed by atoms with Gasteiger partial charge in [-0.15, -0.1) is 11.6 Å². The smallest absolute Gasteiger partial charge is 0.181 e. The van der Waals surface area contributed by atoms with Crippen molar-refractivity contribution in [1.29, 1.82) is 0 Å². The van der Waals surface area contributed by atoms with Gasteiger partial charge in [0.2, 0.25) is 0 Å². The minimum absolute atomic E-state index is 0.130. The molecule has 0 fully saturated rings. The standard InChI is InChI=1S/C10H8ClIO3/c1-15-10-6(5-13)2-7(12)3-8(10)9(14)4-11/h2-3,5H,4H2,1H3. The van der Waals surface area contributed by atoms with Crippen LogP contribution in [-0.2, 0) is 0 Å². The number of halogens is 2. The van der Waals surface area contributed by atoms with Crippen LogP contribution in [0.2, 0.25) is 0 Å². The lowest BCUT2D eigenvalue weighted by molar-refractivity contribution is 0.101. The molecule has 1 aromatic rings. The fourth-order valence-corrected chi connectivity index (χ4v) is 2.00. The maximum Gasteiger partial charge on any atom is 0.181 e. The van der Waals surface area contributed by atoms with E-state index in [1.165, 1.54) is 7.11 Å². The van der Waals surface area contributed by atoms with E-state index in [1.54, 1.807) is 12.1 Å². The van der Waals surface area contributed by atoms with Gasteiger partial charge in [-0.25, -0.2) is 0 Å². The van der Waals surface area contributed by atoms with E-state index in [1.807, 2.05) is 22.6 Å². The average molecular weight is 339 g/mol. The second-order valence-corrected chi connectivity index (χ2v) is 4.26. The Kier molecular flexibility index (Phi) is 4.53. The van der Waals surface area contributed by atoms with E-state index in [4.69, 9.17) is 16.3 Å². The first-order chi connectivity index (χ1) is 7.13. The fourth-order valence-electron chi connectivity index (χ4n) is 1.21. The summed E-state index contributed by atoms with van der Waals surface area (Å²) in [6.07, 6.45) is 0.659. The molecule has 0 aliphatic heterocycles. The van der Waals surface area contributed by atoms with Gasteiger partial charge in [0.25, 0.3) is 0 Å². The number of benzene rings is 1. The number of ketones is 1. The van der Waals surface area contributed by atoms with Crippen molar-refractivity contribution in [2.45, 2.75) is 0 Å². The molecule has 0 bridgehead atoms. The van der Waals surface area contributed by atoms with Crippen molar-refractivity contribution in [2.24, 2.45) is 0 Å². The van der Waals surface area contributed by atoms with Crippen molar-refractivity contribution in [2.75, 3.05) is 13.0 Å². The maximum atomic E-state index is 11.5. The lowest BCUT2D eigenvalue weighted by Crippen LogP contribution is -2.06. The van der Waals surface area contributed by atoms with Crippen LogP contribution in [0.4, 0.5) is 0 Å². The normalized spacial score (nSPS) is 9.80. The molecule has 1 rings (SSSR count). The van der Waals surface area contributed by atoms with Gasteiger partial charge in [-0.2, -0.15) is 0 Å². The molecule has 0 spiro atoms. The molecule has 0 unspecified atom stereocenters. The predicted octanol–water partition coefficient (Wildman–Crippen LogP) is 2.53. The maximum absolute atomic E-state index is 11.5. The topological polar surface area (TPSA) is 43.4 Å². The number of carbonyl (C=O) groups excluding carboxylic acids is 2. The first-order valence-corrected chi connectivity index (χ1v) is 5.67. The Balaban J connectivity index is 3.41. The molecule has 0 saturated carbocycles. The fraction of sp³-hybridized carbons (Fsp3) is 0.200. The quantitative estimate of drug-likeness (QED) is 0.367. The number of alkyl halides is 1. The van der Waals surface area contributed by atoms with Gasteiger partial charge in [-0.05, 0) is 34.7 Å². The summed E-state index contributed by atoms with van der Waals surface area (Å²) in [6.45, 7) is 0. The van der Waals surface area contributed by atoms with Crippen molar-refractivity contribution in [3.05, 3.63) is 26.8 Å². The molecular formula is C10H8ClIO3. The summed E-state index contributed by atoms with van der Waals surface area (Å²) in [5.74, 6) is -0.0967. The molecule has 0 radical (unpaired) electrons. The SMILES string of the molecule is COc1c(C=O)cc(I)cc1C(=O)CCl. The van der Waals surface area contributed by atoms with Crippen molar-refractivity contribution >= 4 is 46.3 Å². The molecule has 0 N–H and O–H groups in total. The Bertz CT molecular complexity index is 404. The van der Waals surface area contributed by atoms with Gasteiger partial charge in [0.05, 0.1) is 24.1 Å². The highest BCUT2D eigenvalue weighted by Gasteiger charge is 2.15. The van der Waals surface area contributed by atoms with E-state index in [9.17, 15) is 9.59 Å². The number of carbonyl (C=O) groups is 2. The van der Waals surface area contributed by atoms with Gasteiger partial charge < -0.3 is 4.74 Å². The van der Waals surface area contributed by atoms with Gasteiger partial charge in [-0.1, -0.05) is 0 Å². The van der Waals surface area contributed by atoms with Crippen LogP contribution in [0.25, 0.3) is 0 Å². The van der Waals surface area contributed by atoms with Crippen LogP contribution in [0.5, 0.6) is 5.75 Å². The molecule has 80 valence electrons. The second-order valence-electron chi connectivity index (χ2n) is 2.75. The lowest BCUT2D eigenvalue weighted by atomic mass is 10.1. The molecular weight excluding hydrogens is 330 g/mol. The molecule has 0 aliphatic rings. The van der Waals surface area contributed by atoms with Crippen molar-refractivity contribution in [3.8, 4) is 5.75 Å². The number of rotatable bonds is 4. The van der Waals surface area contributed by atoms with Crippen LogP contribution in [0.1, 0.15) is 20.7 Å². The highest BCUT2D eigenvalue weighted by molar-refractivity contribution is 14.1. The van der Waals surface area contributed by atoms with Crippen LogP contribution in [-0.4, -0.2) is 25.1 Å². The molecule has 15 heavy (non-hydrogen) atoms. The highest BCUT2D eigenvalue weighted by atomic mass is 127. The van der Waals surface area contributed by atoms with E-state index in [-0.39, 0.29) is 17.4 Å². The Morgan fingerprint density at radius 3 is 2.73 bits per heavy atom. The van der Waals surface area contributed by atoms with Crippen LogP contribution in [0, 0.1) is 3.57 Å². The molecule has 5 heteroatoms. The molecule has 0 aromatic heterocycles. The van der Waals surface area contributed by atoms with Gasteiger partial charge in [-0.3, -0.25) is 9.59 Å². The third kappa shape index (κ3) is 2.69. The summed E-state index contributed by atoms with van der Waals surface area (Å²) in [5.41, 5.74) is 0.708. The summed E-state index contributed by atoms with van der Waals surface area (Å²) < 4.78 is 5.83. The largest absolute Gasteiger partial charge is 0.495 e. The minimum atomic E-state index is -0.255. The zero-order valence-electron chi connectivity index (χ0n) is 7.92. The average Bonchev–Trinajstić information content (AvgIpc) is 2.26. The Morgan fingerprint density at radius 2 is 2.27 bits per heavy atom. The van der Waals surface area contributed by atoms with E-state index >= 15 is 0 Å². The van der Waals surface area contributed by atoms with Gasteiger partial charge in [0.15, 0.2) is 12.1 Å². The third-order valence-corrected chi connectivity index (χ3v) is 2.70. The van der Waals surface area contributed by atoms with Crippen LogP contribution in [0.3, 0.4) is 0 Å². The number of Topliss-reactive ketones (excluding diaryl/α,β-unsaturated/α-hetero) is 1. The lowest BCUT2D eigenvalue weighted by Gasteiger charge is -2.09. The second kappa shape index (κ2) is 5.46. The Hall–Kier alpha value is -0.620. The van der Waals surface area contributed by atoms with Crippen molar-refractivity contribution < 1.29 is 14.3 Å². The monoisotopic (exact) mass is 338 g/mol. The van der Waals surface area contributed by atoms with Crippen molar-refractivity contribution in [3.63, 3.8) is 0 Å². The number of hydrogen-bond donors (Lipinski definition) is 0. The van der Waals surface area contributed by atoms with Crippen LogP contribution >= 0.6 is 34.2 Å². The van der Waals surface area contributed by atoms with E-state index in [0.29, 0.717) is 17.4 Å². The van der Waals surface area contributed by atoms with Gasteiger partial charge in [0.1, 0.15) is 5.75 Å². The van der Waals surface area contributed by atoms with E-state index in [0.717, 1.165) is 3.57 Å². The molecule has 0 saturated heterocycles. The number of hydrogen-bond acceptors (Lipinski definition) is 3. The molecule has 1 aromatic carbocycles. The predicted molar refractivity (Wildman–Crippen MR) is 66.1 cm³/mol. The summed E-state index contributed by atoms with van der Waals surface area (Å²) in [7, 11) is 1.42. The summed E-state index contributed by atoms with van der Waals surface area (Å²) >= 11 is 7.49. The van der Waals surface area contributed by atoms with E-state index in [2.05, 4.69) is 0 Å². The number of aldehydes is 1. The molecule has 0 aliphatic carbocycles. The third-order valence-electron chi connectivity index (χ3n) is 1.84. The summed E-state index contributed by atoms with van der Waals surface area (Å²) in [5, 5.41) is 0. The number of ether oxygens (including phenoxy) is 1. The first kappa shape index (κ1) is 12.4. The highest BCUT2D eigenvalue weighted by Crippen LogP contribution is 2.26. The van der Waals surface area contributed by atoms with Crippen LogP contribution in [0.15, 0.2) is 12.1 Å². The zero-order chi connectivity index (χ0) is 11.4. The minimum Gasteiger partial charge on any atom is -0.495 e. The molecule has 0 heterocycles. The van der Waals surface area contributed by atoms with Crippen molar-refractivity contribution in [1.82, 2.24) is 0 Å². The zero-order valence-corrected chi connectivity index (χ0v) is 10.8. The number of methoxy groups -OCH3 is 1. The molecule has 3 nitrogen and oxygen atoms in total. The van der Waals surface area contributed by atoms with Gasteiger partial charge >= 0.3 is 0 Å². The molecule has 0 amide bonds. The summed E-state index contributed by atoms with van der Waals surface area (Å²) in [4.78, 5) is 22.3. The summed E-state index contributed by atoms with van der Waals surface area (Å²) in [6, 6.07) is 3.30. The Morgan fingerprint density at radius 1 is 1.60 bits per heavy atom. The van der Waals surface area contributed by atoms with Crippen LogP contribution < -0.4 is 4.74 Å².